The number of carbonyl (C=O) groups is 2. The number of esters is 1. The van der Waals surface area contributed by atoms with Crippen molar-refractivity contribution in [3.63, 3.8) is 0 Å². The number of hydrogen-bond donors (Lipinski definition) is 0. The third kappa shape index (κ3) is 3.99. The molecule has 1 heterocycles. The highest BCUT2D eigenvalue weighted by Crippen LogP contribution is 2.35. The number of hydrogen-bond acceptors (Lipinski definition) is 5. The molecule has 1 aliphatic heterocycles. The van der Waals surface area contributed by atoms with E-state index in [1.165, 1.54) is 6.08 Å². The van der Waals surface area contributed by atoms with E-state index in [0.717, 1.165) is 10.5 Å². The minimum absolute atomic E-state index is 0.00681. The molecule has 0 N–H and O–H groups in total. The summed E-state index contributed by atoms with van der Waals surface area (Å²) in [5.74, 6) is -1.76. The van der Waals surface area contributed by atoms with E-state index >= 15 is 0 Å². The van der Waals surface area contributed by atoms with Crippen LogP contribution in [0.5, 0.6) is 0 Å². The Bertz CT molecular complexity index is 844. The number of carbonyl (C=O) groups excluding carboxylic acids is 2. The van der Waals surface area contributed by atoms with E-state index in [-0.39, 0.29) is 18.1 Å². The molecule has 0 spiro atoms. The van der Waals surface area contributed by atoms with E-state index in [2.05, 4.69) is 6.58 Å². The SMILES string of the molecule is C=CCS(=O)(=O)[C@@H]1[C@@H](Cl)C(=O)N1C(C(=O)OCc1ccccc1)=C(C)C. The summed E-state index contributed by atoms with van der Waals surface area (Å²) in [4.78, 5) is 25.7. The summed E-state index contributed by atoms with van der Waals surface area (Å²) in [6.45, 7) is 6.62. The average molecular weight is 398 g/mol. The number of allylic oxidation sites excluding steroid dienone is 1. The zero-order valence-corrected chi connectivity index (χ0v) is 16.1. The molecule has 2 atom stereocenters. The molecule has 8 heteroatoms. The maximum Gasteiger partial charge on any atom is 0.355 e. The smallest absolute Gasteiger partial charge is 0.355 e. The molecule has 0 bridgehead atoms. The van der Waals surface area contributed by atoms with Crippen LogP contribution in [0, 0.1) is 0 Å². The lowest BCUT2D eigenvalue weighted by Crippen LogP contribution is -2.66. The lowest BCUT2D eigenvalue weighted by molar-refractivity contribution is -0.149. The monoisotopic (exact) mass is 397 g/mol. The van der Waals surface area contributed by atoms with Gasteiger partial charge in [-0.15, -0.1) is 18.2 Å². The fourth-order valence-corrected chi connectivity index (χ4v) is 4.83. The van der Waals surface area contributed by atoms with Crippen LogP contribution < -0.4 is 0 Å². The lowest BCUT2D eigenvalue weighted by atomic mass is 10.1. The van der Waals surface area contributed by atoms with Crippen molar-refractivity contribution in [2.75, 3.05) is 5.75 Å². The Morgan fingerprint density at radius 1 is 1.31 bits per heavy atom. The predicted molar refractivity (Wildman–Crippen MR) is 98.9 cm³/mol. The molecule has 1 fully saturated rings. The van der Waals surface area contributed by atoms with Crippen LogP contribution >= 0.6 is 11.6 Å². The molecule has 140 valence electrons. The van der Waals surface area contributed by atoms with E-state index in [0.29, 0.717) is 5.57 Å². The molecule has 0 unspecified atom stereocenters. The highest BCUT2D eigenvalue weighted by atomic mass is 35.5. The minimum Gasteiger partial charge on any atom is -0.456 e. The maximum atomic E-state index is 12.5. The van der Waals surface area contributed by atoms with Crippen LogP contribution in [-0.2, 0) is 30.8 Å². The van der Waals surface area contributed by atoms with E-state index in [9.17, 15) is 18.0 Å². The van der Waals surface area contributed by atoms with Crippen LogP contribution in [0.1, 0.15) is 19.4 Å². The molecular formula is C18H20ClNO5S. The lowest BCUT2D eigenvalue weighted by Gasteiger charge is -2.43. The third-order valence-corrected chi connectivity index (χ3v) is 6.31. The number of ether oxygens (including phenoxy) is 1. The zero-order chi connectivity index (χ0) is 19.5. The molecule has 2 rings (SSSR count). The topological polar surface area (TPSA) is 80.8 Å². The standard InChI is InChI=1S/C18H20ClNO5S/c1-4-10-26(23,24)17-14(19)16(21)20(17)15(12(2)3)18(22)25-11-13-8-6-5-7-9-13/h4-9,14,17H,1,10-11H2,2-3H3/t14-,17+/m0/s1. The number of amides is 1. The van der Waals surface area contributed by atoms with E-state index in [4.69, 9.17) is 16.3 Å². The molecule has 1 aromatic carbocycles. The van der Waals surface area contributed by atoms with Gasteiger partial charge in [0.25, 0.3) is 0 Å². The molecular weight excluding hydrogens is 378 g/mol. The Kier molecular flexibility index (Phi) is 6.26. The normalized spacial score (nSPS) is 19.5. The fourth-order valence-electron chi connectivity index (χ4n) is 2.61. The number of β-lactam (4-membered cyclic amide) rings is 1. The minimum atomic E-state index is -3.77. The molecule has 1 aromatic rings. The number of benzene rings is 1. The molecule has 26 heavy (non-hydrogen) atoms. The Balaban J connectivity index is 2.26. The Labute approximate surface area is 158 Å². The van der Waals surface area contributed by atoms with Gasteiger partial charge in [-0.25, -0.2) is 13.2 Å². The van der Waals surface area contributed by atoms with Gasteiger partial charge in [-0.1, -0.05) is 36.4 Å². The van der Waals surface area contributed by atoms with Crippen LogP contribution in [0.2, 0.25) is 0 Å². The van der Waals surface area contributed by atoms with Gasteiger partial charge in [-0.05, 0) is 25.0 Å². The van der Waals surface area contributed by atoms with Crippen molar-refractivity contribution in [3.05, 3.63) is 59.8 Å². The molecule has 0 radical (unpaired) electrons. The number of likely N-dealkylation sites (tertiary alicyclic amines) is 1. The average Bonchev–Trinajstić information content (AvgIpc) is 2.59. The predicted octanol–water partition coefficient (Wildman–Crippen LogP) is 2.40. The molecule has 1 saturated heterocycles. The van der Waals surface area contributed by atoms with Crippen LogP contribution in [0.25, 0.3) is 0 Å². The highest BCUT2D eigenvalue weighted by molar-refractivity contribution is 7.92. The van der Waals surface area contributed by atoms with Gasteiger partial charge < -0.3 is 4.74 Å². The summed E-state index contributed by atoms with van der Waals surface area (Å²) in [7, 11) is -3.77. The number of rotatable bonds is 7. The molecule has 0 aliphatic carbocycles. The van der Waals surface area contributed by atoms with Gasteiger partial charge in [0.15, 0.2) is 15.2 Å². The van der Waals surface area contributed by atoms with Crippen molar-refractivity contribution in [2.45, 2.75) is 31.2 Å². The van der Waals surface area contributed by atoms with Crippen molar-refractivity contribution >= 4 is 33.3 Å². The van der Waals surface area contributed by atoms with Crippen molar-refractivity contribution < 1.29 is 22.7 Å². The second-order valence-corrected chi connectivity index (χ2v) is 8.64. The van der Waals surface area contributed by atoms with Crippen LogP contribution in [0.15, 0.2) is 54.3 Å². The van der Waals surface area contributed by atoms with Crippen molar-refractivity contribution in [1.82, 2.24) is 4.90 Å². The van der Waals surface area contributed by atoms with E-state index < -0.39 is 32.5 Å². The first-order valence-corrected chi connectivity index (χ1v) is 10.0. The third-order valence-electron chi connectivity index (χ3n) is 3.82. The first-order chi connectivity index (χ1) is 12.2. The van der Waals surface area contributed by atoms with Gasteiger partial charge in [0, 0.05) is 0 Å². The van der Waals surface area contributed by atoms with Gasteiger partial charge in [0.1, 0.15) is 17.7 Å². The summed E-state index contributed by atoms with van der Waals surface area (Å²) in [6.07, 6.45) is 1.22. The number of sulfone groups is 1. The maximum absolute atomic E-state index is 12.5. The molecule has 1 aliphatic rings. The van der Waals surface area contributed by atoms with Gasteiger partial charge >= 0.3 is 5.97 Å². The quantitative estimate of drug-likeness (QED) is 0.232. The van der Waals surface area contributed by atoms with E-state index in [1.54, 1.807) is 38.1 Å². The fraction of sp³-hybridized carbons (Fsp3) is 0.333. The Morgan fingerprint density at radius 2 is 1.92 bits per heavy atom. The second-order valence-electron chi connectivity index (χ2n) is 6.03. The van der Waals surface area contributed by atoms with Crippen molar-refractivity contribution in [2.24, 2.45) is 0 Å². The zero-order valence-electron chi connectivity index (χ0n) is 14.5. The van der Waals surface area contributed by atoms with Crippen molar-refractivity contribution in [3.8, 4) is 0 Å². The van der Waals surface area contributed by atoms with Crippen LogP contribution in [0.4, 0.5) is 0 Å². The first kappa shape index (κ1) is 20.2. The van der Waals surface area contributed by atoms with E-state index in [1.807, 2.05) is 6.07 Å². The molecule has 6 nitrogen and oxygen atoms in total. The van der Waals surface area contributed by atoms with Crippen molar-refractivity contribution in [1.29, 1.82) is 0 Å². The van der Waals surface area contributed by atoms with Gasteiger partial charge in [0.05, 0.1) is 5.75 Å². The summed E-state index contributed by atoms with van der Waals surface area (Å²) in [5, 5.41) is -2.56. The van der Waals surface area contributed by atoms with Gasteiger partial charge in [-0.2, -0.15) is 0 Å². The summed E-state index contributed by atoms with van der Waals surface area (Å²) < 4.78 is 30.0. The Hall–Kier alpha value is -2.12. The van der Waals surface area contributed by atoms with Gasteiger partial charge in [-0.3, -0.25) is 9.69 Å². The summed E-state index contributed by atoms with van der Waals surface area (Å²) in [6, 6.07) is 9.02. The number of nitrogens with zero attached hydrogens (tertiary/aromatic N) is 1. The first-order valence-electron chi connectivity index (χ1n) is 7.89. The molecule has 1 amide bonds. The van der Waals surface area contributed by atoms with Crippen LogP contribution in [0.3, 0.4) is 0 Å². The second kappa shape index (κ2) is 8.05. The highest BCUT2D eigenvalue weighted by Gasteiger charge is 2.56. The molecule has 0 saturated carbocycles. The van der Waals surface area contributed by atoms with Crippen LogP contribution in [-0.4, -0.2) is 41.7 Å². The number of alkyl halides is 1. The summed E-state index contributed by atoms with van der Waals surface area (Å²) in [5.41, 5.74) is 1.13. The molecule has 0 aromatic heterocycles. The van der Waals surface area contributed by atoms with Gasteiger partial charge in [0.2, 0.25) is 5.91 Å². The number of halogens is 1. The summed E-state index contributed by atoms with van der Waals surface area (Å²) >= 11 is 5.93. The largest absolute Gasteiger partial charge is 0.456 e. The Morgan fingerprint density at radius 3 is 2.46 bits per heavy atom.